The minimum atomic E-state index is -1.78. The second kappa shape index (κ2) is 7.91. The van der Waals surface area contributed by atoms with Crippen LogP contribution >= 0.6 is 0 Å². The lowest BCUT2D eigenvalue weighted by Gasteiger charge is -2.57. The molecule has 4 aliphatic rings. The summed E-state index contributed by atoms with van der Waals surface area (Å²) in [6.45, 7) is 5.90. The predicted octanol–water partition coefficient (Wildman–Crippen LogP) is 3.87. The molecule has 0 aromatic carbocycles. The van der Waals surface area contributed by atoms with Crippen LogP contribution in [0.25, 0.3) is 0 Å². The van der Waals surface area contributed by atoms with E-state index in [-0.39, 0.29) is 22.7 Å². The number of rotatable bonds is 4. The standard InChI is InChI=1S/C24H34O7/c1-13(20(26)21(27)28)30-22(29)31-19-7-6-17-16-5-4-14-12-15(25)8-10-23(14,2)18(16)9-11-24(17,19)3/h12-13,16-20,26H,4-11H2,1-3H3,(H,27,28)/t13?,16-,17-,18-,19+,20?,23-,24-/m0/s1. The topological polar surface area (TPSA) is 110 Å². The fraction of sp³-hybridized carbons (Fsp3) is 0.792. The van der Waals surface area contributed by atoms with E-state index in [0.29, 0.717) is 24.2 Å². The number of fused-ring (bicyclic) bond motifs is 5. The number of ether oxygens (including phenoxy) is 2. The van der Waals surface area contributed by atoms with Gasteiger partial charge in [-0.05, 0) is 81.1 Å². The third-order valence-electron chi connectivity index (χ3n) is 9.09. The van der Waals surface area contributed by atoms with Crippen LogP contribution in [-0.2, 0) is 19.1 Å². The lowest BCUT2D eigenvalue weighted by Crippen LogP contribution is -2.51. The van der Waals surface area contributed by atoms with E-state index in [9.17, 15) is 19.5 Å². The van der Waals surface area contributed by atoms with Gasteiger partial charge in [-0.25, -0.2) is 9.59 Å². The fourth-order valence-electron chi connectivity index (χ4n) is 7.27. The van der Waals surface area contributed by atoms with Crippen LogP contribution in [0.1, 0.15) is 72.1 Å². The van der Waals surface area contributed by atoms with Gasteiger partial charge >= 0.3 is 12.1 Å². The maximum Gasteiger partial charge on any atom is 0.508 e. The minimum absolute atomic E-state index is 0.110. The number of carboxylic acid groups (broad SMARTS) is 1. The normalized spacial score (nSPS) is 41.2. The molecule has 8 atom stereocenters. The highest BCUT2D eigenvalue weighted by Gasteiger charge is 2.60. The molecule has 0 radical (unpaired) electrons. The average Bonchev–Trinajstić information content (AvgIpc) is 3.04. The van der Waals surface area contributed by atoms with E-state index in [1.54, 1.807) is 0 Å². The summed E-state index contributed by atoms with van der Waals surface area (Å²) >= 11 is 0. The SMILES string of the molecule is CC(OC(=O)O[C@@H]1CC[C@H]2[C@@H]3CCC4=CC(=O)CC[C@]4(C)[C@H]3CC[C@]12C)C(O)C(=O)O. The van der Waals surface area contributed by atoms with E-state index in [2.05, 4.69) is 13.8 Å². The van der Waals surface area contributed by atoms with Crippen LogP contribution in [0, 0.1) is 28.6 Å². The molecule has 7 nitrogen and oxygen atoms in total. The zero-order valence-corrected chi connectivity index (χ0v) is 18.6. The monoisotopic (exact) mass is 434 g/mol. The second-order valence-electron chi connectivity index (χ2n) is 10.6. The first-order valence-corrected chi connectivity index (χ1v) is 11.6. The molecule has 0 aliphatic heterocycles. The van der Waals surface area contributed by atoms with Crippen molar-refractivity contribution in [3.63, 3.8) is 0 Å². The molecule has 2 unspecified atom stereocenters. The quantitative estimate of drug-likeness (QED) is 0.646. The number of aliphatic carboxylic acids is 1. The maximum atomic E-state index is 12.3. The number of allylic oxidation sites excluding steroid dienone is 1. The smallest absolute Gasteiger partial charge is 0.479 e. The zero-order valence-electron chi connectivity index (χ0n) is 18.6. The van der Waals surface area contributed by atoms with Gasteiger partial charge in [-0.2, -0.15) is 0 Å². The third kappa shape index (κ3) is 3.69. The Hall–Kier alpha value is -1.89. The largest absolute Gasteiger partial charge is 0.508 e. The van der Waals surface area contributed by atoms with Gasteiger partial charge in [0.1, 0.15) is 12.2 Å². The Morgan fingerprint density at radius 2 is 1.84 bits per heavy atom. The summed E-state index contributed by atoms with van der Waals surface area (Å²) in [5.41, 5.74) is 1.32. The minimum Gasteiger partial charge on any atom is -0.479 e. The van der Waals surface area contributed by atoms with Crippen molar-refractivity contribution in [1.82, 2.24) is 0 Å². The van der Waals surface area contributed by atoms with Crippen LogP contribution < -0.4 is 0 Å². The Morgan fingerprint density at radius 1 is 1.10 bits per heavy atom. The summed E-state index contributed by atoms with van der Waals surface area (Å²) in [6, 6.07) is 0. The molecule has 7 heteroatoms. The number of aliphatic hydroxyl groups is 1. The van der Waals surface area contributed by atoms with E-state index < -0.39 is 24.3 Å². The first-order chi connectivity index (χ1) is 14.6. The first kappa shape index (κ1) is 22.3. The Balaban J connectivity index is 1.45. The van der Waals surface area contributed by atoms with Crippen molar-refractivity contribution >= 4 is 17.9 Å². The van der Waals surface area contributed by atoms with Gasteiger partial charge in [-0.3, -0.25) is 4.79 Å². The Labute approximate surface area is 183 Å². The zero-order chi connectivity index (χ0) is 22.6. The summed E-state index contributed by atoms with van der Waals surface area (Å²) in [5, 5.41) is 18.4. The highest BCUT2D eigenvalue weighted by molar-refractivity contribution is 5.91. The number of aliphatic hydroxyl groups excluding tert-OH is 1. The molecule has 2 N–H and O–H groups in total. The van der Waals surface area contributed by atoms with Gasteiger partial charge < -0.3 is 19.7 Å². The van der Waals surface area contributed by atoms with Gasteiger partial charge in [-0.1, -0.05) is 19.4 Å². The van der Waals surface area contributed by atoms with Gasteiger partial charge in [0, 0.05) is 11.8 Å². The van der Waals surface area contributed by atoms with Crippen molar-refractivity contribution in [1.29, 1.82) is 0 Å². The Morgan fingerprint density at radius 3 is 2.55 bits per heavy atom. The number of carboxylic acids is 1. The highest BCUT2D eigenvalue weighted by atomic mass is 16.7. The number of carbonyl (C=O) groups excluding carboxylic acids is 2. The van der Waals surface area contributed by atoms with Crippen molar-refractivity contribution in [2.45, 2.75) is 90.4 Å². The molecule has 0 spiro atoms. The molecule has 4 aliphatic carbocycles. The van der Waals surface area contributed by atoms with E-state index in [4.69, 9.17) is 14.6 Å². The molecule has 0 aromatic heterocycles. The molecule has 0 saturated heterocycles. The second-order valence-corrected chi connectivity index (χ2v) is 10.6. The van der Waals surface area contributed by atoms with Crippen molar-refractivity contribution in [3.05, 3.63) is 11.6 Å². The molecule has 0 aromatic rings. The number of hydrogen-bond donors (Lipinski definition) is 2. The van der Waals surface area contributed by atoms with Crippen LogP contribution in [0.4, 0.5) is 4.79 Å². The maximum absolute atomic E-state index is 12.3. The Bertz CT molecular complexity index is 804. The molecule has 0 heterocycles. The van der Waals surface area contributed by atoms with Crippen LogP contribution in [0.5, 0.6) is 0 Å². The summed E-state index contributed by atoms with van der Waals surface area (Å²) in [7, 11) is 0. The third-order valence-corrected chi connectivity index (χ3v) is 9.09. The molecular formula is C24H34O7. The summed E-state index contributed by atoms with van der Waals surface area (Å²) in [5.74, 6) is 0.417. The predicted molar refractivity (Wildman–Crippen MR) is 111 cm³/mol. The highest BCUT2D eigenvalue weighted by Crippen LogP contribution is 2.65. The molecule has 0 amide bonds. The molecule has 0 bridgehead atoms. The molecule has 3 fully saturated rings. The molecule has 4 rings (SSSR count). The van der Waals surface area contributed by atoms with Crippen molar-refractivity contribution in [3.8, 4) is 0 Å². The van der Waals surface area contributed by atoms with Gasteiger partial charge in [-0.15, -0.1) is 0 Å². The first-order valence-electron chi connectivity index (χ1n) is 11.6. The molecule has 31 heavy (non-hydrogen) atoms. The lowest BCUT2D eigenvalue weighted by atomic mass is 9.47. The summed E-state index contributed by atoms with van der Waals surface area (Å²) in [6.07, 6.45) is 5.22. The molecule has 172 valence electrons. The average molecular weight is 435 g/mol. The van der Waals surface area contributed by atoms with E-state index in [1.807, 2.05) is 6.08 Å². The van der Waals surface area contributed by atoms with Gasteiger partial charge in [0.05, 0.1) is 0 Å². The van der Waals surface area contributed by atoms with Crippen LogP contribution in [0.3, 0.4) is 0 Å². The number of carbonyl (C=O) groups is 3. The van der Waals surface area contributed by atoms with E-state index in [1.165, 1.54) is 12.5 Å². The summed E-state index contributed by atoms with van der Waals surface area (Å²) in [4.78, 5) is 35.2. The van der Waals surface area contributed by atoms with Crippen LogP contribution in [0.15, 0.2) is 11.6 Å². The van der Waals surface area contributed by atoms with E-state index >= 15 is 0 Å². The van der Waals surface area contributed by atoms with Gasteiger partial charge in [0.25, 0.3) is 0 Å². The van der Waals surface area contributed by atoms with Gasteiger partial charge in [0.2, 0.25) is 0 Å². The van der Waals surface area contributed by atoms with Crippen molar-refractivity contribution in [2.24, 2.45) is 28.6 Å². The van der Waals surface area contributed by atoms with Crippen LogP contribution in [-0.4, -0.2) is 46.4 Å². The summed E-state index contributed by atoms with van der Waals surface area (Å²) < 4.78 is 10.7. The van der Waals surface area contributed by atoms with E-state index in [0.717, 1.165) is 44.9 Å². The number of ketones is 1. The van der Waals surface area contributed by atoms with Gasteiger partial charge in [0.15, 0.2) is 11.9 Å². The molecule has 3 saturated carbocycles. The lowest BCUT2D eigenvalue weighted by molar-refractivity contribution is -0.153. The van der Waals surface area contributed by atoms with Crippen molar-refractivity contribution in [2.75, 3.05) is 0 Å². The number of hydrogen-bond acceptors (Lipinski definition) is 6. The van der Waals surface area contributed by atoms with Crippen molar-refractivity contribution < 1.29 is 34.1 Å². The molecular weight excluding hydrogens is 400 g/mol. The Kier molecular flexibility index (Phi) is 5.69. The van der Waals surface area contributed by atoms with Crippen LogP contribution in [0.2, 0.25) is 0 Å². The fourth-order valence-corrected chi connectivity index (χ4v) is 7.27.